The van der Waals surface area contributed by atoms with Crippen molar-refractivity contribution in [2.45, 2.75) is 51.7 Å². The van der Waals surface area contributed by atoms with Gasteiger partial charge in [-0.1, -0.05) is 13.0 Å². The van der Waals surface area contributed by atoms with Crippen molar-refractivity contribution in [3.05, 3.63) is 64.0 Å². The molecule has 34 heavy (non-hydrogen) atoms. The van der Waals surface area contributed by atoms with E-state index in [0.29, 0.717) is 41.7 Å². The van der Waals surface area contributed by atoms with Crippen LogP contribution in [0.15, 0.2) is 30.5 Å². The molecule has 8 heteroatoms. The van der Waals surface area contributed by atoms with Crippen LogP contribution in [0.3, 0.4) is 0 Å². The lowest BCUT2D eigenvalue weighted by Gasteiger charge is -2.27. The highest BCUT2D eigenvalue weighted by Gasteiger charge is 2.36. The van der Waals surface area contributed by atoms with Crippen LogP contribution in [0.25, 0.3) is 0 Å². The van der Waals surface area contributed by atoms with E-state index in [2.05, 4.69) is 62.7 Å². The number of fused-ring (bicyclic) bond motifs is 2. The number of nitrogens with one attached hydrogen (secondary N) is 2. The van der Waals surface area contributed by atoms with Crippen LogP contribution in [0.2, 0.25) is 0 Å². The monoisotopic (exact) mass is 455 g/mol. The smallest absolute Gasteiger partial charge is 0.229 e. The molecular weight excluding hydrogens is 426 g/mol. The van der Waals surface area contributed by atoms with Gasteiger partial charge in [-0.05, 0) is 80.1 Å². The minimum atomic E-state index is -0.900. The van der Waals surface area contributed by atoms with Crippen LogP contribution in [0.1, 0.15) is 53.3 Å². The van der Waals surface area contributed by atoms with E-state index in [1.54, 1.807) is 0 Å². The summed E-state index contributed by atoms with van der Waals surface area (Å²) in [7, 11) is 2.15. The molecule has 0 amide bonds. The van der Waals surface area contributed by atoms with E-state index in [1.807, 2.05) is 19.1 Å². The van der Waals surface area contributed by atoms with Crippen LogP contribution in [0, 0.1) is 18.3 Å². The molecule has 174 valence electrons. The summed E-state index contributed by atoms with van der Waals surface area (Å²) < 4.78 is 0. The Morgan fingerprint density at radius 3 is 2.82 bits per heavy atom. The molecule has 8 nitrogen and oxygen atoms in total. The molecule has 3 aromatic rings. The molecule has 1 aromatic carbocycles. The average Bonchev–Trinajstić information content (AvgIpc) is 3.16. The molecule has 0 saturated heterocycles. The van der Waals surface area contributed by atoms with E-state index >= 15 is 0 Å². The van der Waals surface area contributed by atoms with E-state index in [1.165, 1.54) is 22.9 Å². The minimum absolute atomic E-state index is 0.322. The lowest BCUT2D eigenvalue weighted by molar-refractivity contribution is 0.0307. The number of benzene rings is 1. The second-order valence-electron chi connectivity index (χ2n) is 9.33. The number of nitriles is 1. The van der Waals surface area contributed by atoms with E-state index in [-0.39, 0.29) is 0 Å². The summed E-state index contributed by atoms with van der Waals surface area (Å²) >= 11 is 0. The van der Waals surface area contributed by atoms with Crippen LogP contribution in [0.5, 0.6) is 0 Å². The lowest BCUT2D eigenvalue weighted by atomic mass is 9.95. The molecule has 1 aliphatic carbocycles. The average molecular weight is 456 g/mol. The largest absolute Gasteiger partial charge is 0.384 e. The first kappa shape index (κ1) is 22.3. The van der Waals surface area contributed by atoms with Gasteiger partial charge in [0.25, 0.3) is 0 Å². The van der Waals surface area contributed by atoms with Gasteiger partial charge < -0.3 is 20.6 Å². The zero-order valence-corrected chi connectivity index (χ0v) is 19.8. The standard InChI is InChI=1S/C26H29N7O/c1-4-26(34)9-7-17-5-6-22(30-23(17)26)31-24-19(13-27)14-28-25(32-24)29-20-11-16(2)21-15-33(3)10-8-18(21)12-20/h5-6,11-12,14,34H,4,7-10,15H2,1-3H3,(H2,28,29,30,31,32). The van der Waals surface area contributed by atoms with Crippen molar-refractivity contribution >= 4 is 23.3 Å². The first-order valence-electron chi connectivity index (χ1n) is 11.7. The van der Waals surface area contributed by atoms with Gasteiger partial charge in [0.1, 0.15) is 23.1 Å². The van der Waals surface area contributed by atoms with Crippen LogP contribution >= 0.6 is 0 Å². The number of hydrogen-bond acceptors (Lipinski definition) is 8. The third-order valence-corrected chi connectivity index (χ3v) is 6.98. The van der Waals surface area contributed by atoms with Crippen LogP contribution < -0.4 is 10.6 Å². The summed E-state index contributed by atoms with van der Waals surface area (Å²) in [5.41, 5.74) is 6.10. The number of likely N-dealkylation sites (N-methyl/N-ethyl adjacent to an activating group) is 1. The van der Waals surface area contributed by atoms with Crippen molar-refractivity contribution in [2.75, 3.05) is 24.2 Å². The summed E-state index contributed by atoms with van der Waals surface area (Å²) in [5.74, 6) is 1.32. The Hall–Kier alpha value is -3.54. The molecule has 2 aliphatic rings. The van der Waals surface area contributed by atoms with Crippen molar-refractivity contribution in [1.29, 1.82) is 5.26 Å². The fourth-order valence-electron chi connectivity index (χ4n) is 4.91. The summed E-state index contributed by atoms with van der Waals surface area (Å²) in [6, 6.07) is 10.3. The van der Waals surface area contributed by atoms with Gasteiger partial charge in [-0.3, -0.25) is 0 Å². The van der Waals surface area contributed by atoms with Gasteiger partial charge in [0.05, 0.1) is 11.9 Å². The van der Waals surface area contributed by atoms with Gasteiger partial charge >= 0.3 is 0 Å². The summed E-state index contributed by atoms with van der Waals surface area (Å²) in [6.07, 6.45) is 4.62. The zero-order valence-electron chi connectivity index (χ0n) is 19.8. The maximum Gasteiger partial charge on any atom is 0.229 e. The predicted octanol–water partition coefficient (Wildman–Crippen LogP) is 4.07. The van der Waals surface area contributed by atoms with Crippen LogP contribution in [-0.2, 0) is 25.0 Å². The zero-order chi connectivity index (χ0) is 23.9. The molecule has 0 bridgehead atoms. The third-order valence-electron chi connectivity index (χ3n) is 6.98. The summed E-state index contributed by atoms with van der Waals surface area (Å²) in [5, 5.41) is 26.9. The van der Waals surface area contributed by atoms with Gasteiger partial charge in [0.15, 0.2) is 5.82 Å². The summed E-state index contributed by atoms with van der Waals surface area (Å²) in [6.45, 7) is 6.10. The van der Waals surface area contributed by atoms with Crippen molar-refractivity contribution in [3.8, 4) is 6.07 Å². The normalized spacial score (nSPS) is 19.3. The Morgan fingerprint density at radius 1 is 1.18 bits per heavy atom. The highest BCUT2D eigenvalue weighted by Crippen LogP contribution is 2.39. The predicted molar refractivity (Wildman–Crippen MR) is 131 cm³/mol. The number of hydrogen-bond donors (Lipinski definition) is 3. The Morgan fingerprint density at radius 2 is 2.03 bits per heavy atom. The number of rotatable bonds is 5. The fourth-order valence-corrected chi connectivity index (χ4v) is 4.91. The van der Waals surface area contributed by atoms with Gasteiger partial charge in [0.2, 0.25) is 5.95 Å². The number of anilines is 4. The molecule has 5 rings (SSSR count). The van der Waals surface area contributed by atoms with E-state index in [4.69, 9.17) is 0 Å². The van der Waals surface area contributed by atoms with E-state index in [9.17, 15) is 10.4 Å². The van der Waals surface area contributed by atoms with Gasteiger partial charge in [-0.25, -0.2) is 9.97 Å². The van der Waals surface area contributed by atoms with E-state index in [0.717, 1.165) is 37.2 Å². The molecule has 2 aromatic heterocycles. The number of aliphatic hydroxyl groups is 1. The molecule has 0 spiro atoms. The van der Waals surface area contributed by atoms with Crippen LogP contribution in [0.4, 0.5) is 23.3 Å². The maximum absolute atomic E-state index is 10.9. The first-order chi connectivity index (χ1) is 16.4. The van der Waals surface area contributed by atoms with Gasteiger partial charge in [0, 0.05) is 18.8 Å². The third kappa shape index (κ3) is 4.09. The fraction of sp³-hybridized carbons (Fsp3) is 0.385. The second kappa shape index (κ2) is 8.67. The molecule has 0 radical (unpaired) electrons. The highest BCUT2D eigenvalue weighted by atomic mass is 16.3. The number of aryl methyl sites for hydroxylation is 2. The second-order valence-corrected chi connectivity index (χ2v) is 9.33. The van der Waals surface area contributed by atoms with Crippen molar-refractivity contribution in [3.63, 3.8) is 0 Å². The summed E-state index contributed by atoms with van der Waals surface area (Å²) in [4.78, 5) is 15.9. The Kier molecular flexibility index (Phi) is 5.68. The van der Waals surface area contributed by atoms with Gasteiger partial charge in [-0.2, -0.15) is 10.2 Å². The van der Waals surface area contributed by atoms with Gasteiger partial charge in [-0.15, -0.1) is 0 Å². The Labute approximate surface area is 199 Å². The molecule has 3 N–H and O–H groups in total. The van der Waals surface area contributed by atoms with Crippen molar-refractivity contribution in [2.24, 2.45) is 0 Å². The number of aromatic nitrogens is 3. The van der Waals surface area contributed by atoms with E-state index < -0.39 is 5.60 Å². The number of nitrogens with zero attached hydrogens (tertiary/aromatic N) is 5. The quantitative estimate of drug-likeness (QED) is 0.528. The molecule has 0 fully saturated rings. The van der Waals surface area contributed by atoms with Crippen LogP contribution in [-0.4, -0.2) is 38.6 Å². The maximum atomic E-state index is 10.9. The molecule has 3 heterocycles. The highest BCUT2D eigenvalue weighted by molar-refractivity contribution is 5.64. The SMILES string of the molecule is CCC1(O)CCc2ccc(Nc3nc(Nc4cc(C)c5c(c4)CCN(C)C5)ncc3C#N)nc21. The number of pyridine rings is 1. The molecular formula is C26H29N7O. The molecule has 0 saturated carbocycles. The minimum Gasteiger partial charge on any atom is -0.384 e. The molecule has 1 unspecified atom stereocenters. The Bertz CT molecular complexity index is 1300. The lowest BCUT2D eigenvalue weighted by Crippen LogP contribution is -2.27. The van der Waals surface area contributed by atoms with Crippen molar-refractivity contribution in [1.82, 2.24) is 19.9 Å². The molecule has 1 aliphatic heterocycles. The topological polar surface area (TPSA) is 110 Å². The molecule has 1 atom stereocenters. The van der Waals surface area contributed by atoms with Crippen molar-refractivity contribution < 1.29 is 5.11 Å². The Balaban J connectivity index is 1.42. The first-order valence-corrected chi connectivity index (χ1v) is 11.7.